The highest BCUT2D eigenvalue weighted by molar-refractivity contribution is 5.27. The minimum Gasteiger partial charge on any atom is -0.435 e. The minimum atomic E-state index is -2.78. The summed E-state index contributed by atoms with van der Waals surface area (Å²) in [5.41, 5.74) is 7.02. The monoisotopic (exact) mass is 300 g/mol. The summed E-state index contributed by atoms with van der Waals surface area (Å²) in [6, 6.07) is 6.82. The van der Waals surface area contributed by atoms with Gasteiger partial charge in [0.25, 0.3) is 0 Å². The summed E-state index contributed by atoms with van der Waals surface area (Å²) in [4.78, 5) is 2.36. The maximum atomic E-state index is 12.1. The van der Waals surface area contributed by atoms with E-state index >= 15 is 0 Å². The predicted molar refractivity (Wildman–Crippen MR) is 81.8 cm³/mol. The molecule has 1 atom stereocenters. The second kappa shape index (κ2) is 8.29. The van der Waals surface area contributed by atoms with E-state index in [0.29, 0.717) is 6.54 Å². The Morgan fingerprint density at radius 1 is 1.19 bits per heavy atom. The van der Waals surface area contributed by atoms with Crippen molar-refractivity contribution >= 4 is 0 Å². The lowest BCUT2D eigenvalue weighted by atomic mass is 9.91. The maximum absolute atomic E-state index is 12.1. The van der Waals surface area contributed by atoms with Gasteiger partial charge in [0.2, 0.25) is 0 Å². The maximum Gasteiger partial charge on any atom is 0.387 e. The molecule has 0 heterocycles. The molecule has 0 amide bonds. The van der Waals surface area contributed by atoms with Gasteiger partial charge in [-0.25, -0.2) is 0 Å². The second-order valence-electron chi connectivity index (χ2n) is 5.40. The van der Waals surface area contributed by atoms with Crippen LogP contribution < -0.4 is 10.5 Å². The third kappa shape index (κ3) is 5.25. The first-order valence-electron chi connectivity index (χ1n) is 7.44. The van der Waals surface area contributed by atoms with Crippen molar-refractivity contribution in [3.8, 4) is 5.75 Å². The summed E-state index contributed by atoms with van der Waals surface area (Å²) in [7, 11) is 0. The molecule has 0 saturated heterocycles. The molecular formula is C16H26F2N2O. The van der Waals surface area contributed by atoms with Crippen LogP contribution >= 0.6 is 0 Å². The third-order valence-corrected chi connectivity index (χ3v) is 4.07. The molecule has 0 saturated carbocycles. The van der Waals surface area contributed by atoms with Crippen molar-refractivity contribution in [1.82, 2.24) is 4.90 Å². The van der Waals surface area contributed by atoms with Gasteiger partial charge in [-0.15, -0.1) is 0 Å². The highest BCUT2D eigenvalue weighted by Gasteiger charge is 2.27. The number of ether oxygens (including phenoxy) is 1. The van der Waals surface area contributed by atoms with Crippen LogP contribution in [0.25, 0.3) is 0 Å². The number of rotatable bonds is 9. The Balaban J connectivity index is 2.64. The fourth-order valence-electron chi connectivity index (χ4n) is 2.63. The molecule has 1 aromatic rings. The van der Waals surface area contributed by atoms with Crippen LogP contribution in [0, 0.1) is 0 Å². The molecule has 0 bridgehead atoms. The number of hydrogen-bond acceptors (Lipinski definition) is 3. The number of nitrogens with two attached hydrogens (primary N) is 1. The van der Waals surface area contributed by atoms with Crippen LogP contribution in [0.1, 0.15) is 32.8 Å². The van der Waals surface area contributed by atoms with Crippen molar-refractivity contribution in [2.45, 2.75) is 45.8 Å². The van der Waals surface area contributed by atoms with Gasteiger partial charge in [0.1, 0.15) is 5.75 Å². The number of likely N-dealkylation sites (N-methyl/N-ethyl adjacent to an activating group) is 1. The predicted octanol–water partition coefficient (Wildman–Crippen LogP) is 3.28. The van der Waals surface area contributed by atoms with Crippen LogP contribution in [-0.2, 0) is 6.42 Å². The summed E-state index contributed by atoms with van der Waals surface area (Å²) >= 11 is 0. The van der Waals surface area contributed by atoms with Gasteiger partial charge < -0.3 is 10.5 Å². The van der Waals surface area contributed by atoms with E-state index < -0.39 is 6.61 Å². The van der Waals surface area contributed by atoms with Crippen molar-refractivity contribution in [1.29, 1.82) is 0 Å². The molecule has 0 radical (unpaired) electrons. The van der Waals surface area contributed by atoms with E-state index in [1.165, 1.54) is 0 Å². The first kappa shape index (κ1) is 17.9. The Hall–Kier alpha value is -1.20. The summed E-state index contributed by atoms with van der Waals surface area (Å²) in [5, 5.41) is 0. The Labute approximate surface area is 126 Å². The number of aryl methyl sites for hydroxylation is 1. The van der Waals surface area contributed by atoms with Gasteiger partial charge in [0, 0.05) is 12.1 Å². The standard InChI is InChI=1S/C16H26F2N2O/c1-4-20(5-2)16(3,12-19)11-10-13-6-8-14(9-7-13)21-15(17)18/h6-9,15H,4-5,10-12,19H2,1-3H3. The summed E-state index contributed by atoms with van der Waals surface area (Å²) in [6.07, 6.45) is 1.79. The van der Waals surface area contributed by atoms with Gasteiger partial charge in [-0.1, -0.05) is 26.0 Å². The molecule has 0 aliphatic carbocycles. The molecule has 120 valence electrons. The average molecular weight is 300 g/mol. The lowest BCUT2D eigenvalue weighted by molar-refractivity contribution is -0.0498. The molecule has 1 aromatic carbocycles. The first-order chi connectivity index (χ1) is 9.95. The SMILES string of the molecule is CCN(CC)C(C)(CN)CCc1ccc(OC(F)F)cc1. The van der Waals surface area contributed by atoms with E-state index in [-0.39, 0.29) is 11.3 Å². The lowest BCUT2D eigenvalue weighted by Crippen LogP contribution is -2.51. The molecule has 0 aliphatic heterocycles. The van der Waals surface area contributed by atoms with E-state index in [0.717, 1.165) is 31.5 Å². The molecule has 21 heavy (non-hydrogen) atoms. The topological polar surface area (TPSA) is 38.5 Å². The summed E-state index contributed by atoms with van der Waals surface area (Å²) < 4.78 is 28.5. The molecule has 0 aliphatic rings. The van der Waals surface area contributed by atoms with Crippen LogP contribution in [0.2, 0.25) is 0 Å². The number of alkyl halides is 2. The van der Waals surface area contributed by atoms with E-state index in [4.69, 9.17) is 5.73 Å². The zero-order valence-electron chi connectivity index (χ0n) is 13.1. The van der Waals surface area contributed by atoms with Gasteiger partial charge in [-0.05, 0) is 50.6 Å². The fraction of sp³-hybridized carbons (Fsp3) is 0.625. The smallest absolute Gasteiger partial charge is 0.387 e. The van der Waals surface area contributed by atoms with Gasteiger partial charge in [-0.2, -0.15) is 8.78 Å². The van der Waals surface area contributed by atoms with E-state index in [1.807, 2.05) is 12.1 Å². The molecule has 1 rings (SSSR count). The number of hydrogen-bond donors (Lipinski definition) is 1. The van der Waals surface area contributed by atoms with Crippen molar-refractivity contribution in [2.24, 2.45) is 5.73 Å². The first-order valence-corrected chi connectivity index (χ1v) is 7.44. The Kier molecular flexibility index (Phi) is 7.05. The molecule has 2 N–H and O–H groups in total. The summed E-state index contributed by atoms with van der Waals surface area (Å²) in [5.74, 6) is 0.194. The van der Waals surface area contributed by atoms with Gasteiger partial charge in [0.15, 0.2) is 0 Å². The van der Waals surface area contributed by atoms with Crippen molar-refractivity contribution in [2.75, 3.05) is 19.6 Å². The van der Waals surface area contributed by atoms with E-state index in [1.54, 1.807) is 12.1 Å². The van der Waals surface area contributed by atoms with Gasteiger partial charge in [-0.3, -0.25) is 4.90 Å². The van der Waals surface area contributed by atoms with E-state index in [2.05, 4.69) is 30.4 Å². The van der Waals surface area contributed by atoms with Crippen LogP contribution in [-0.4, -0.2) is 36.7 Å². The third-order valence-electron chi connectivity index (χ3n) is 4.07. The fourth-order valence-corrected chi connectivity index (χ4v) is 2.63. The van der Waals surface area contributed by atoms with Gasteiger partial charge >= 0.3 is 6.61 Å². The molecule has 5 heteroatoms. The molecule has 1 unspecified atom stereocenters. The highest BCUT2D eigenvalue weighted by atomic mass is 19.3. The normalized spacial score (nSPS) is 14.5. The van der Waals surface area contributed by atoms with Gasteiger partial charge in [0.05, 0.1) is 0 Å². The zero-order valence-corrected chi connectivity index (χ0v) is 13.1. The highest BCUT2D eigenvalue weighted by Crippen LogP contribution is 2.22. The Morgan fingerprint density at radius 2 is 1.76 bits per heavy atom. The van der Waals surface area contributed by atoms with E-state index in [9.17, 15) is 8.78 Å². The Morgan fingerprint density at radius 3 is 2.19 bits per heavy atom. The molecule has 3 nitrogen and oxygen atoms in total. The summed E-state index contributed by atoms with van der Waals surface area (Å²) in [6.45, 7) is 6.19. The largest absolute Gasteiger partial charge is 0.435 e. The number of benzene rings is 1. The molecule has 0 fully saturated rings. The lowest BCUT2D eigenvalue weighted by Gasteiger charge is -2.39. The molecular weight excluding hydrogens is 274 g/mol. The average Bonchev–Trinajstić information content (AvgIpc) is 2.47. The quantitative estimate of drug-likeness (QED) is 0.760. The zero-order chi connectivity index (χ0) is 15.9. The van der Waals surface area contributed by atoms with Crippen molar-refractivity contribution in [3.05, 3.63) is 29.8 Å². The van der Waals surface area contributed by atoms with Crippen molar-refractivity contribution < 1.29 is 13.5 Å². The molecule has 0 spiro atoms. The van der Waals surface area contributed by atoms with Crippen molar-refractivity contribution in [3.63, 3.8) is 0 Å². The minimum absolute atomic E-state index is 0.0400. The van der Waals surface area contributed by atoms with Crippen LogP contribution in [0.4, 0.5) is 8.78 Å². The molecule has 0 aromatic heterocycles. The Bertz CT molecular complexity index is 407. The number of nitrogens with zero attached hydrogens (tertiary/aromatic N) is 1. The second-order valence-corrected chi connectivity index (χ2v) is 5.40. The van der Waals surface area contributed by atoms with Crippen LogP contribution in [0.5, 0.6) is 5.75 Å². The van der Waals surface area contributed by atoms with Crippen LogP contribution in [0.15, 0.2) is 24.3 Å². The van der Waals surface area contributed by atoms with Crippen LogP contribution in [0.3, 0.4) is 0 Å². The number of halogens is 2.